The van der Waals surface area contributed by atoms with E-state index in [9.17, 15) is 4.79 Å². The van der Waals surface area contributed by atoms with Gasteiger partial charge in [-0.25, -0.2) is 0 Å². The molecule has 1 amide bonds. The Bertz CT molecular complexity index is 962. The molecule has 5 nitrogen and oxygen atoms in total. The molecule has 2 heterocycles. The van der Waals surface area contributed by atoms with Gasteiger partial charge in [0.15, 0.2) is 10.8 Å². The van der Waals surface area contributed by atoms with Crippen molar-refractivity contribution in [1.82, 2.24) is 14.6 Å². The number of halogens is 4. The maximum atomic E-state index is 12.4. The van der Waals surface area contributed by atoms with Crippen LogP contribution in [-0.4, -0.2) is 25.8 Å². The van der Waals surface area contributed by atoms with Gasteiger partial charge in [0.1, 0.15) is 0 Å². The van der Waals surface area contributed by atoms with Gasteiger partial charge in [-0.2, -0.15) is 0 Å². The second-order valence-corrected chi connectivity index (χ2v) is 8.05. The van der Waals surface area contributed by atoms with Gasteiger partial charge < -0.3 is 5.32 Å². The van der Waals surface area contributed by atoms with E-state index in [2.05, 4.69) is 15.5 Å². The molecular weight excluding hydrogens is 426 g/mol. The summed E-state index contributed by atoms with van der Waals surface area (Å²) in [5, 5.41) is 12.6. The van der Waals surface area contributed by atoms with Crippen LogP contribution < -0.4 is 5.32 Å². The number of rotatable bonds is 4. The van der Waals surface area contributed by atoms with Crippen LogP contribution in [0, 0.1) is 0 Å². The number of hydrogen-bond acceptors (Lipinski definition) is 4. The summed E-state index contributed by atoms with van der Waals surface area (Å²) in [7, 11) is 0. The fourth-order valence-corrected chi connectivity index (χ4v) is 3.69. The predicted octanol–water partition coefficient (Wildman–Crippen LogP) is 5.46. The molecule has 25 heavy (non-hydrogen) atoms. The first-order valence-corrected chi connectivity index (χ1v) is 9.36. The molecule has 2 aromatic heterocycles. The summed E-state index contributed by atoms with van der Waals surface area (Å²) < 4.78 is 1.64. The Hall–Kier alpha value is -1.18. The minimum Gasteiger partial charge on any atom is -0.324 e. The zero-order valence-electron chi connectivity index (χ0n) is 12.6. The van der Waals surface area contributed by atoms with Gasteiger partial charge in [0, 0.05) is 11.2 Å². The zero-order chi connectivity index (χ0) is 18.1. The number of aromatic nitrogens is 3. The summed E-state index contributed by atoms with van der Waals surface area (Å²) in [5.41, 5.74) is 0.919. The third kappa shape index (κ3) is 4.15. The Morgan fingerprint density at radius 2 is 1.88 bits per heavy atom. The normalized spacial score (nSPS) is 12.4. The highest BCUT2D eigenvalue weighted by Crippen LogP contribution is 2.29. The molecule has 0 radical (unpaired) electrons. The van der Waals surface area contributed by atoms with E-state index < -0.39 is 5.25 Å². The molecule has 0 aliphatic carbocycles. The molecule has 1 N–H and O–H groups in total. The van der Waals surface area contributed by atoms with Crippen molar-refractivity contribution >= 4 is 75.4 Å². The van der Waals surface area contributed by atoms with E-state index in [0.717, 1.165) is 0 Å². The average molecular weight is 436 g/mol. The SMILES string of the molecule is CC(Sc1nnc2c(Cl)cc(Cl)cn12)C(=O)Nc1cc(Cl)ccc1Cl. The summed E-state index contributed by atoms with van der Waals surface area (Å²) in [6.07, 6.45) is 1.64. The Morgan fingerprint density at radius 3 is 2.64 bits per heavy atom. The highest BCUT2D eigenvalue weighted by molar-refractivity contribution is 8.00. The van der Waals surface area contributed by atoms with Crippen molar-refractivity contribution < 1.29 is 4.79 Å². The summed E-state index contributed by atoms with van der Waals surface area (Å²) in [6, 6.07) is 6.44. The monoisotopic (exact) mass is 434 g/mol. The first-order valence-electron chi connectivity index (χ1n) is 6.97. The van der Waals surface area contributed by atoms with Crippen LogP contribution in [0.3, 0.4) is 0 Å². The van der Waals surface area contributed by atoms with Gasteiger partial charge in [-0.3, -0.25) is 9.20 Å². The molecule has 1 unspecified atom stereocenters. The molecule has 0 saturated carbocycles. The number of thioether (sulfide) groups is 1. The number of hydrogen-bond donors (Lipinski definition) is 1. The number of amides is 1. The number of carbonyl (C=O) groups excluding carboxylic acids is 1. The van der Waals surface area contributed by atoms with Crippen LogP contribution >= 0.6 is 58.2 Å². The molecule has 130 valence electrons. The lowest BCUT2D eigenvalue weighted by Crippen LogP contribution is -2.22. The van der Waals surface area contributed by atoms with Crippen LogP contribution in [0.25, 0.3) is 5.65 Å². The highest BCUT2D eigenvalue weighted by atomic mass is 35.5. The maximum absolute atomic E-state index is 12.4. The third-order valence-corrected chi connectivity index (χ3v) is 5.34. The number of fused-ring (bicyclic) bond motifs is 1. The minimum absolute atomic E-state index is 0.251. The first kappa shape index (κ1) is 18.6. The molecule has 0 spiro atoms. The van der Waals surface area contributed by atoms with Crippen molar-refractivity contribution in [3.05, 3.63) is 50.6 Å². The van der Waals surface area contributed by atoms with Gasteiger partial charge in [0.05, 0.1) is 26.0 Å². The molecule has 0 aliphatic heterocycles. The number of nitrogens with zero attached hydrogens (tertiary/aromatic N) is 3. The summed E-state index contributed by atoms with van der Waals surface area (Å²) >= 11 is 25.3. The average Bonchev–Trinajstić information content (AvgIpc) is 2.94. The van der Waals surface area contributed by atoms with Crippen LogP contribution in [0.1, 0.15) is 6.92 Å². The molecular formula is C15H10Cl4N4OS. The number of anilines is 1. The molecule has 1 atom stereocenters. The number of nitrogens with one attached hydrogen (secondary N) is 1. The molecule has 0 saturated heterocycles. The van der Waals surface area contributed by atoms with E-state index >= 15 is 0 Å². The lowest BCUT2D eigenvalue weighted by molar-refractivity contribution is -0.115. The smallest absolute Gasteiger partial charge is 0.237 e. The molecule has 0 fully saturated rings. The number of benzene rings is 1. The Kier molecular flexibility index (Phi) is 5.65. The van der Waals surface area contributed by atoms with Crippen molar-refractivity contribution in [2.24, 2.45) is 0 Å². The van der Waals surface area contributed by atoms with Gasteiger partial charge >= 0.3 is 0 Å². The van der Waals surface area contributed by atoms with Crippen molar-refractivity contribution in [2.75, 3.05) is 5.32 Å². The first-order chi connectivity index (χ1) is 11.8. The van der Waals surface area contributed by atoms with E-state index in [1.807, 2.05) is 0 Å². The van der Waals surface area contributed by atoms with Crippen LogP contribution in [-0.2, 0) is 4.79 Å². The highest BCUT2D eigenvalue weighted by Gasteiger charge is 2.20. The molecule has 10 heteroatoms. The lowest BCUT2D eigenvalue weighted by Gasteiger charge is -2.12. The van der Waals surface area contributed by atoms with Crippen molar-refractivity contribution in [1.29, 1.82) is 0 Å². The topological polar surface area (TPSA) is 59.3 Å². The Labute approximate surface area is 167 Å². The maximum Gasteiger partial charge on any atom is 0.237 e. The molecule has 1 aromatic carbocycles. The lowest BCUT2D eigenvalue weighted by atomic mass is 10.3. The summed E-state index contributed by atoms with van der Waals surface area (Å²) in [5.74, 6) is -0.251. The van der Waals surface area contributed by atoms with Crippen LogP contribution in [0.15, 0.2) is 35.6 Å². The van der Waals surface area contributed by atoms with E-state index in [0.29, 0.717) is 36.6 Å². The fraction of sp³-hybridized carbons (Fsp3) is 0.133. The minimum atomic E-state index is -0.472. The number of carbonyl (C=O) groups is 1. The predicted molar refractivity (Wildman–Crippen MR) is 103 cm³/mol. The van der Waals surface area contributed by atoms with Crippen molar-refractivity contribution in [3.63, 3.8) is 0 Å². The van der Waals surface area contributed by atoms with Gasteiger partial charge in [-0.15, -0.1) is 10.2 Å². The van der Waals surface area contributed by atoms with Gasteiger partial charge in [0.25, 0.3) is 0 Å². The quantitative estimate of drug-likeness (QED) is 0.552. The van der Waals surface area contributed by atoms with Crippen molar-refractivity contribution in [2.45, 2.75) is 17.3 Å². The van der Waals surface area contributed by atoms with Crippen molar-refractivity contribution in [3.8, 4) is 0 Å². The number of pyridine rings is 1. The third-order valence-electron chi connectivity index (χ3n) is 3.23. The second-order valence-electron chi connectivity index (χ2n) is 5.06. The molecule has 3 aromatic rings. The molecule has 0 aliphatic rings. The second kappa shape index (κ2) is 7.60. The van der Waals surface area contributed by atoms with Gasteiger partial charge in [0.2, 0.25) is 5.91 Å². The standard InChI is InChI=1S/C15H10Cl4N4OS/c1-7(14(24)20-12-5-8(16)2-3-10(12)18)25-15-22-21-13-11(19)4-9(17)6-23(13)15/h2-7H,1H3,(H,20,24). The van der Waals surface area contributed by atoms with Crippen LogP contribution in [0.2, 0.25) is 20.1 Å². The molecule has 3 rings (SSSR count). The largest absolute Gasteiger partial charge is 0.324 e. The fourth-order valence-electron chi connectivity index (χ4n) is 2.02. The van der Waals surface area contributed by atoms with E-state index in [1.54, 1.807) is 41.8 Å². The summed E-state index contributed by atoms with van der Waals surface area (Å²) in [6.45, 7) is 1.74. The Morgan fingerprint density at radius 1 is 1.12 bits per heavy atom. The van der Waals surface area contributed by atoms with Gasteiger partial charge in [-0.1, -0.05) is 58.2 Å². The van der Waals surface area contributed by atoms with E-state index in [1.165, 1.54) is 11.8 Å². The van der Waals surface area contributed by atoms with Gasteiger partial charge in [-0.05, 0) is 31.2 Å². The zero-order valence-corrected chi connectivity index (χ0v) is 16.5. The Balaban J connectivity index is 1.79. The van der Waals surface area contributed by atoms with Crippen LogP contribution in [0.5, 0.6) is 0 Å². The molecule has 0 bridgehead atoms. The summed E-state index contributed by atoms with van der Waals surface area (Å²) in [4.78, 5) is 12.4. The van der Waals surface area contributed by atoms with Crippen LogP contribution in [0.4, 0.5) is 5.69 Å². The van der Waals surface area contributed by atoms with E-state index in [-0.39, 0.29) is 5.91 Å². The van der Waals surface area contributed by atoms with E-state index in [4.69, 9.17) is 46.4 Å².